The van der Waals surface area contributed by atoms with E-state index in [1.54, 1.807) is 65.8 Å². The number of ether oxygens (including phenoxy) is 4. The lowest BCUT2D eigenvalue weighted by Gasteiger charge is -2.48. The average Bonchev–Trinajstić information content (AvgIpc) is 2.75. The van der Waals surface area contributed by atoms with Gasteiger partial charge in [0.05, 0.1) is 10.8 Å². The van der Waals surface area contributed by atoms with Gasteiger partial charge in [0.2, 0.25) is 5.91 Å². The van der Waals surface area contributed by atoms with Crippen molar-refractivity contribution in [2.45, 2.75) is 85.2 Å². The number of nitrogens with zero attached hydrogens (tertiary/aromatic N) is 1. The number of benzene rings is 1. The average molecular weight is 558 g/mol. The summed E-state index contributed by atoms with van der Waals surface area (Å²) in [6, 6.07) is 5.47. The predicted octanol–water partition coefficient (Wildman–Crippen LogP) is 4.20. The van der Waals surface area contributed by atoms with Gasteiger partial charge < -0.3 is 23.8 Å². The summed E-state index contributed by atoms with van der Waals surface area (Å²) in [4.78, 5) is 51.9. The molecule has 37 heavy (non-hydrogen) atoms. The zero-order valence-electron chi connectivity index (χ0n) is 22.4. The quantitative estimate of drug-likeness (QED) is 0.315. The van der Waals surface area contributed by atoms with E-state index in [1.807, 2.05) is 0 Å². The van der Waals surface area contributed by atoms with E-state index >= 15 is 0 Å². The van der Waals surface area contributed by atoms with E-state index in [-0.39, 0.29) is 6.61 Å². The molecule has 206 valence electrons. The largest absolute Gasteiger partial charge is 0.462 e. The van der Waals surface area contributed by atoms with Gasteiger partial charge in [-0.3, -0.25) is 19.2 Å². The van der Waals surface area contributed by atoms with E-state index in [9.17, 15) is 19.2 Å². The van der Waals surface area contributed by atoms with Gasteiger partial charge >= 0.3 is 17.9 Å². The molecule has 0 N–H and O–H groups in total. The Balaban J connectivity index is 2.57. The van der Waals surface area contributed by atoms with Crippen LogP contribution >= 0.6 is 24.2 Å². The molecule has 1 aromatic carbocycles. The van der Waals surface area contributed by atoms with Gasteiger partial charge in [-0.15, -0.1) is 12.6 Å². The standard InChI is InChI=1S/C26H36ClNO8S/c1-14(29)28(17-11-9-16(27)10-12-17)19-21(34-15(2)30)20(36-24(32)26(6,7)8)18(35-22(19)37)13-33-23(31)25(3,4)5/h9-12,18-22,37H,13H2,1-8H3/t18-,19-,20+,21-,22+/m1/s1. The van der Waals surface area contributed by atoms with Crippen LogP contribution in [0.1, 0.15) is 55.4 Å². The Morgan fingerprint density at radius 1 is 0.919 bits per heavy atom. The summed E-state index contributed by atoms with van der Waals surface area (Å²) in [6.45, 7) is 12.4. The van der Waals surface area contributed by atoms with E-state index in [2.05, 4.69) is 12.6 Å². The third-order valence-electron chi connectivity index (χ3n) is 5.52. The van der Waals surface area contributed by atoms with Crippen molar-refractivity contribution in [2.24, 2.45) is 10.8 Å². The lowest BCUT2D eigenvalue weighted by molar-refractivity contribution is -0.215. The van der Waals surface area contributed by atoms with Crippen LogP contribution in [0, 0.1) is 10.8 Å². The van der Waals surface area contributed by atoms with Crippen LogP contribution in [-0.4, -0.2) is 60.2 Å². The van der Waals surface area contributed by atoms with Crippen molar-refractivity contribution in [3.8, 4) is 0 Å². The minimum atomic E-state index is -1.22. The van der Waals surface area contributed by atoms with Crippen molar-refractivity contribution in [1.29, 1.82) is 0 Å². The fourth-order valence-corrected chi connectivity index (χ4v) is 4.21. The SMILES string of the molecule is CC(=O)O[C@H]1[C@@H](OC(=O)C(C)(C)C)[C@@H](COC(=O)C(C)(C)C)O[C@@H](S)[C@@H]1N(C(C)=O)c1ccc(Cl)cc1. The molecule has 1 heterocycles. The molecule has 1 fully saturated rings. The minimum absolute atomic E-state index is 0.291. The number of carbonyl (C=O) groups is 4. The second kappa shape index (κ2) is 12.0. The molecular formula is C26H36ClNO8S. The lowest BCUT2D eigenvalue weighted by Crippen LogP contribution is -2.66. The highest BCUT2D eigenvalue weighted by molar-refractivity contribution is 7.80. The van der Waals surface area contributed by atoms with Crippen LogP contribution in [0.25, 0.3) is 0 Å². The first-order chi connectivity index (χ1) is 16.9. The topological polar surface area (TPSA) is 108 Å². The van der Waals surface area contributed by atoms with Crippen LogP contribution in [0.3, 0.4) is 0 Å². The summed E-state index contributed by atoms with van der Waals surface area (Å²) in [5.74, 6) is -2.15. The smallest absolute Gasteiger partial charge is 0.311 e. The normalized spacial score (nSPS) is 24.1. The van der Waals surface area contributed by atoms with Gasteiger partial charge in [-0.2, -0.15) is 0 Å². The fraction of sp³-hybridized carbons (Fsp3) is 0.615. The minimum Gasteiger partial charge on any atom is -0.462 e. The van der Waals surface area contributed by atoms with Crippen LogP contribution < -0.4 is 4.90 Å². The lowest BCUT2D eigenvalue weighted by atomic mass is 9.93. The first kappa shape index (κ1) is 30.9. The van der Waals surface area contributed by atoms with Gasteiger partial charge in [0, 0.05) is 24.6 Å². The van der Waals surface area contributed by atoms with E-state index in [1.165, 1.54) is 18.7 Å². The Morgan fingerprint density at radius 3 is 1.92 bits per heavy atom. The van der Waals surface area contributed by atoms with Crippen molar-refractivity contribution >= 4 is 53.7 Å². The van der Waals surface area contributed by atoms with E-state index in [0.717, 1.165) is 0 Å². The molecule has 1 amide bonds. The second-order valence-electron chi connectivity index (χ2n) is 11.0. The molecule has 0 saturated carbocycles. The number of carbonyl (C=O) groups excluding carboxylic acids is 4. The van der Waals surface area contributed by atoms with Gasteiger partial charge in [-0.1, -0.05) is 11.6 Å². The Morgan fingerprint density at radius 2 is 1.46 bits per heavy atom. The van der Waals surface area contributed by atoms with Gasteiger partial charge in [0.1, 0.15) is 24.2 Å². The number of anilines is 1. The highest BCUT2D eigenvalue weighted by Crippen LogP contribution is 2.36. The van der Waals surface area contributed by atoms with E-state index in [0.29, 0.717) is 10.7 Å². The highest BCUT2D eigenvalue weighted by Gasteiger charge is 2.53. The van der Waals surface area contributed by atoms with Gasteiger partial charge in [0.25, 0.3) is 0 Å². The third-order valence-corrected chi connectivity index (χ3v) is 6.20. The zero-order chi connectivity index (χ0) is 28.3. The molecule has 1 saturated heterocycles. The van der Waals surface area contributed by atoms with Crippen molar-refractivity contribution in [3.63, 3.8) is 0 Å². The van der Waals surface area contributed by atoms with Gasteiger partial charge in [-0.25, -0.2) is 0 Å². The Labute approximate surface area is 228 Å². The van der Waals surface area contributed by atoms with Crippen molar-refractivity contribution in [1.82, 2.24) is 0 Å². The molecule has 1 aromatic rings. The van der Waals surface area contributed by atoms with Crippen LogP contribution in [0.2, 0.25) is 5.02 Å². The van der Waals surface area contributed by atoms with Crippen molar-refractivity contribution in [2.75, 3.05) is 11.5 Å². The zero-order valence-corrected chi connectivity index (χ0v) is 24.1. The molecule has 1 aliphatic rings. The number of thiol groups is 1. The summed E-state index contributed by atoms with van der Waals surface area (Å²) < 4.78 is 23.0. The number of rotatable bonds is 6. The number of esters is 3. The number of amides is 1. The molecule has 2 rings (SSSR count). The molecule has 9 nitrogen and oxygen atoms in total. The molecular weight excluding hydrogens is 522 g/mol. The molecule has 1 aliphatic heterocycles. The maximum absolute atomic E-state index is 13.0. The molecule has 0 aromatic heterocycles. The summed E-state index contributed by atoms with van der Waals surface area (Å²) in [5, 5.41) is 0.462. The Hall–Kier alpha value is -2.30. The Kier molecular flexibility index (Phi) is 10.1. The van der Waals surface area contributed by atoms with Crippen LogP contribution in [0.15, 0.2) is 24.3 Å². The molecule has 0 aliphatic carbocycles. The molecule has 0 bridgehead atoms. The number of hydrogen-bond acceptors (Lipinski definition) is 9. The predicted molar refractivity (Wildman–Crippen MR) is 141 cm³/mol. The summed E-state index contributed by atoms with van der Waals surface area (Å²) in [5.41, 5.74) is -2.26. The second-order valence-corrected chi connectivity index (χ2v) is 11.9. The molecule has 5 atom stereocenters. The van der Waals surface area contributed by atoms with Gasteiger partial charge in [-0.05, 0) is 65.8 Å². The first-order valence-corrected chi connectivity index (χ1v) is 12.8. The van der Waals surface area contributed by atoms with E-state index in [4.69, 9.17) is 30.5 Å². The van der Waals surface area contributed by atoms with Crippen LogP contribution in [0.5, 0.6) is 0 Å². The number of halogens is 1. The molecule has 11 heteroatoms. The van der Waals surface area contributed by atoms with E-state index < -0.39 is 64.4 Å². The van der Waals surface area contributed by atoms with Crippen molar-refractivity contribution in [3.05, 3.63) is 29.3 Å². The Bertz CT molecular complexity index is 1000. The van der Waals surface area contributed by atoms with Crippen LogP contribution in [0.4, 0.5) is 5.69 Å². The van der Waals surface area contributed by atoms with Crippen molar-refractivity contribution < 1.29 is 38.1 Å². The fourth-order valence-electron chi connectivity index (χ4n) is 3.63. The monoisotopic (exact) mass is 557 g/mol. The summed E-state index contributed by atoms with van der Waals surface area (Å²) in [7, 11) is 0. The highest BCUT2D eigenvalue weighted by atomic mass is 35.5. The molecule has 0 spiro atoms. The molecule has 0 unspecified atom stereocenters. The first-order valence-electron chi connectivity index (χ1n) is 11.9. The number of hydrogen-bond donors (Lipinski definition) is 1. The summed E-state index contributed by atoms with van der Waals surface area (Å²) >= 11 is 10.6. The summed E-state index contributed by atoms with van der Waals surface area (Å²) in [6.07, 6.45) is -3.44. The van der Waals surface area contributed by atoms with Gasteiger partial charge in [0.15, 0.2) is 12.2 Å². The third kappa shape index (κ3) is 8.09. The van der Waals surface area contributed by atoms with Crippen LogP contribution in [-0.2, 0) is 38.1 Å². The maximum Gasteiger partial charge on any atom is 0.311 e. The molecule has 0 radical (unpaired) electrons. The maximum atomic E-state index is 13.0.